The maximum atomic E-state index is 12.6. The number of amides is 1. The summed E-state index contributed by atoms with van der Waals surface area (Å²) in [6, 6.07) is 6.06. The molecule has 1 aliphatic heterocycles. The smallest absolute Gasteiger partial charge is 0.414 e. The van der Waals surface area contributed by atoms with Gasteiger partial charge in [0.05, 0.1) is 14.2 Å². The number of carboxylic acid groups (broad SMARTS) is 2. The first-order valence-corrected chi connectivity index (χ1v) is 11.2. The molecule has 0 bridgehead atoms. The summed E-state index contributed by atoms with van der Waals surface area (Å²) < 4.78 is 10.7. The van der Waals surface area contributed by atoms with E-state index >= 15 is 0 Å². The molecule has 3 N–H and O–H groups in total. The Bertz CT molecular complexity index is 807. The number of hydrogen-bond acceptors (Lipinski definition) is 7. The Labute approximate surface area is 201 Å². The first-order valence-electron chi connectivity index (χ1n) is 11.2. The van der Waals surface area contributed by atoms with Gasteiger partial charge in [-0.3, -0.25) is 9.69 Å². The summed E-state index contributed by atoms with van der Waals surface area (Å²) in [7, 11) is 7.44. The van der Waals surface area contributed by atoms with Crippen LogP contribution in [-0.4, -0.2) is 92.4 Å². The first kappa shape index (κ1) is 29.2. The minimum atomic E-state index is -1.82. The number of hydrogen-bond donors (Lipinski definition) is 3. The number of likely N-dealkylation sites (tertiary alicyclic amines) is 1. The molecule has 1 aromatic rings. The Morgan fingerprint density at radius 2 is 1.62 bits per heavy atom. The number of piperidine rings is 1. The fraction of sp³-hybridized carbons (Fsp3) is 0.625. The monoisotopic (exact) mass is 481 g/mol. The molecule has 192 valence electrons. The molecule has 10 heteroatoms. The van der Waals surface area contributed by atoms with Gasteiger partial charge in [0.2, 0.25) is 5.91 Å². The molecule has 1 heterocycles. The van der Waals surface area contributed by atoms with Crippen LogP contribution in [0, 0.1) is 11.3 Å². The maximum absolute atomic E-state index is 12.6. The zero-order valence-corrected chi connectivity index (χ0v) is 21.1. The quantitative estimate of drug-likeness (QED) is 0.452. The van der Waals surface area contributed by atoms with Crippen molar-refractivity contribution in [3.63, 3.8) is 0 Å². The van der Waals surface area contributed by atoms with Gasteiger partial charge in [-0.2, -0.15) is 0 Å². The van der Waals surface area contributed by atoms with Crippen molar-refractivity contribution in [2.45, 2.75) is 33.2 Å². The lowest BCUT2D eigenvalue weighted by Crippen LogP contribution is -2.44. The fourth-order valence-electron chi connectivity index (χ4n) is 3.97. The predicted molar refractivity (Wildman–Crippen MR) is 128 cm³/mol. The van der Waals surface area contributed by atoms with Crippen molar-refractivity contribution in [3.8, 4) is 11.5 Å². The van der Waals surface area contributed by atoms with Gasteiger partial charge in [-0.05, 0) is 63.1 Å². The molecule has 0 spiro atoms. The normalized spacial score (nSPS) is 14.7. The largest absolute Gasteiger partial charge is 0.493 e. The van der Waals surface area contributed by atoms with Gasteiger partial charge in [-0.15, -0.1) is 0 Å². The first-order chi connectivity index (χ1) is 15.9. The third-order valence-corrected chi connectivity index (χ3v) is 5.48. The van der Waals surface area contributed by atoms with Crippen LogP contribution in [0.1, 0.15) is 32.3 Å². The van der Waals surface area contributed by atoms with E-state index in [2.05, 4.69) is 49.1 Å². The van der Waals surface area contributed by atoms with E-state index in [0.717, 1.165) is 57.1 Å². The van der Waals surface area contributed by atoms with E-state index in [-0.39, 0.29) is 17.2 Å². The molecule has 0 aliphatic carbocycles. The number of rotatable bonds is 9. The van der Waals surface area contributed by atoms with E-state index < -0.39 is 11.9 Å². The van der Waals surface area contributed by atoms with Crippen molar-refractivity contribution in [3.05, 3.63) is 23.8 Å². The summed E-state index contributed by atoms with van der Waals surface area (Å²) in [5.41, 5.74) is 1.28. The Hall–Kier alpha value is -2.85. The average molecular weight is 482 g/mol. The molecule has 0 unspecified atom stereocenters. The van der Waals surface area contributed by atoms with Gasteiger partial charge in [0.1, 0.15) is 0 Å². The minimum Gasteiger partial charge on any atom is -0.493 e. The standard InChI is InChI=1S/C22H37N3O3.C2H2O4/c1-22(2,16-24(3)4)15-23-21(26)18-9-11-25(12-10-18)14-17-7-8-19(27-5)20(13-17)28-6;3-1(4)2(5)6/h7-8,13,18H,9-12,14-16H2,1-6H3,(H,23,26);(H,3,4)(H,5,6). The Kier molecular flexibility index (Phi) is 11.8. The summed E-state index contributed by atoms with van der Waals surface area (Å²) in [5, 5.41) is 18.0. The highest BCUT2D eigenvalue weighted by Gasteiger charge is 2.27. The van der Waals surface area contributed by atoms with Gasteiger partial charge in [0.25, 0.3) is 0 Å². The second-order valence-electron chi connectivity index (χ2n) is 9.47. The molecular weight excluding hydrogens is 442 g/mol. The van der Waals surface area contributed by atoms with Crippen LogP contribution in [0.5, 0.6) is 11.5 Å². The van der Waals surface area contributed by atoms with Crippen LogP contribution in [0.2, 0.25) is 0 Å². The molecule has 0 atom stereocenters. The molecule has 1 fully saturated rings. The Morgan fingerprint density at radius 3 is 2.09 bits per heavy atom. The van der Waals surface area contributed by atoms with Crippen molar-refractivity contribution >= 4 is 17.8 Å². The van der Waals surface area contributed by atoms with Gasteiger partial charge < -0.3 is 29.9 Å². The molecule has 10 nitrogen and oxygen atoms in total. The van der Waals surface area contributed by atoms with Crippen LogP contribution in [0.4, 0.5) is 0 Å². The van der Waals surface area contributed by atoms with Crippen molar-refractivity contribution < 1.29 is 34.1 Å². The van der Waals surface area contributed by atoms with Gasteiger partial charge in [0, 0.05) is 25.6 Å². The summed E-state index contributed by atoms with van der Waals surface area (Å²) >= 11 is 0. The van der Waals surface area contributed by atoms with E-state index in [4.69, 9.17) is 29.3 Å². The van der Waals surface area contributed by atoms with Crippen LogP contribution in [0.15, 0.2) is 18.2 Å². The van der Waals surface area contributed by atoms with Crippen LogP contribution in [-0.2, 0) is 20.9 Å². The van der Waals surface area contributed by atoms with Crippen molar-refractivity contribution in [1.82, 2.24) is 15.1 Å². The molecule has 1 saturated heterocycles. The predicted octanol–water partition coefficient (Wildman–Crippen LogP) is 1.78. The second-order valence-corrected chi connectivity index (χ2v) is 9.47. The zero-order valence-electron chi connectivity index (χ0n) is 21.1. The number of carbonyl (C=O) groups is 3. The van der Waals surface area contributed by atoms with Crippen LogP contribution < -0.4 is 14.8 Å². The number of carboxylic acids is 2. The number of aliphatic carboxylic acids is 2. The van der Waals surface area contributed by atoms with Crippen LogP contribution in [0.3, 0.4) is 0 Å². The van der Waals surface area contributed by atoms with Crippen molar-refractivity contribution in [2.75, 3.05) is 54.5 Å². The molecule has 34 heavy (non-hydrogen) atoms. The number of carbonyl (C=O) groups excluding carboxylic acids is 1. The summed E-state index contributed by atoms with van der Waals surface area (Å²) in [6.45, 7) is 8.80. The van der Waals surface area contributed by atoms with Crippen LogP contribution >= 0.6 is 0 Å². The Balaban J connectivity index is 0.000000852. The highest BCUT2D eigenvalue weighted by Crippen LogP contribution is 2.29. The maximum Gasteiger partial charge on any atom is 0.414 e. The lowest BCUT2D eigenvalue weighted by molar-refractivity contribution is -0.159. The average Bonchev–Trinajstić information content (AvgIpc) is 2.77. The minimum absolute atomic E-state index is 0.0767. The topological polar surface area (TPSA) is 129 Å². The molecule has 1 aliphatic rings. The summed E-state index contributed by atoms with van der Waals surface area (Å²) in [4.78, 5) is 35.3. The molecular formula is C24H39N3O7. The van der Waals surface area contributed by atoms with Crippen molar-refractivity contribution in [2.24, 2.45) is 11.3 Å². The fourth-order valence-corrected chi connectivity index (χ4v) is 3.97. The van der Waals surface area contributed by atoms with Gasteiger partial charge in [-0.1, -0.05) is 19.9 Å². The van der Waals surface area contributed by atoms with Gasteiger partial charge >= 0.3 is 11.9 Å². The third kappa shape index (κ3) is 10.4. The van der Waals surface area contributed by atoms with E-state index in [0.29, 0.717) is 0 Å². The molecule has 0 aromatic heterocycles. The highest BCUT2D eigenvalue weighted by molar-refractivity contribution is 6.27. The molecule has 0 saturated carbocycles. The number of methoxy groups -OCH3 is 2. The van der Waals surface area contributed by atoms with E-state index in [1.54, 1.807) is 14.2 Å². The van der Waals surface area contributed by atoms with E-state index in [1.807, 2.05) is 12.1 Å². The van der Waals surface area contributed by atoms with Crippen molar-refractivity contribution in [1.29, 1.82) is 0 Å². The Morgan fingerprint density at radius 1 is 1.06 bits per heavy atom. The summed E-state index contributed by atoms with van der Waals surface area (Å²) in [5.74, 6) is -1.81. The number of benzene rings is 1. The van der Waals surface area contributed by atoms with E-state index in [9.17, 15) is 4.79 Å². The lowest BCUT2D eigenvalue weighted by atomic mass is 9.91. The number of ether oxygens (including phenoxy) is 2. The number of nitrogens with zero attached hydrogens (tertiary/aromatic N) is 2. The third-order valence-electron chi connectivity index (χ3n) is 5.48. The van der Waals surface area contributed by atoms with Crippen LogP contribution in [0.25, 0.3) is 0 Å². The van der Waals surface area contributed by atoms with Gasteiger partial charge in [-0.25, -0.2) is 9.59 Å². The highest BCUT2D eigenvalue weighted by atomic mass is 16.5. The summed E-state index contributed by atoms with van der Waals surface area (Å²) in [6.07, 6.45) is 1.82. The van der Waals surface area contributed by atoms with Gasteiger partial charge in [0.15, 0.2) is 11.5 Å². The zero-order chi connectivity index (χ0) is 25.9. The number of nitrogens with one attached hydrogen (secondary N) is 1. The molecule has 1 aromatic carbocycles. The molecule has 1 amide bonds. The molecule has 0 radical (unpaired) electrons. The second kappa shape index (κ2) is 13.8. The molecule has 2 rings (SSSR count). The van der Waals surface area contributed by atoms with E-state index in [1.165, 1.54) is 5.56 Å². The lowest BCUT2D eigenvalue weighted by Gasteiger charge is -2.33. The SMILES string of the molecule is COc1ccc(CN2CCC(C(=O)NCC(C)(C)CN(C)C)CC2)cc1OC.O=C(O)C(=O)O.